The monoisotopic (exact) mass is 182 g/mol. The summed E-state index contributed by atoms with van der Waals surface area (Å²) < 4.78 is 0. The first-order valence-electron chi connectivity index (χ1n) is 6.09. The van der Waals surface area contributed by atoms with E-state index >= 15 is 0 Å². The van der Waals surface area contributed by atoms with E-state index < -0.39 is 0 Å². The number of hydrogen-bond acceptors (Lipinski definition) is 0. The SMILES string of the molecule is CC(C)CC[C@H](CC(C)C)C1CC1. The highest BCUT2D eigenvalue weighted by molar-refractivity contribution is 4.82. The van der Waals surface area contributed by atoms with Crippen LogP contribution in [0.25, 0.3) is 0 Å². The van der Waals surface area contributed by atoms with E-state index in [0.717, 1.165) is 23.7 Å². The molecule has 1 atom stereocenters. The minimum atomic E-state index is 0.897. The highest BCUT2D eigenvalue weighted by Gasteiger charge is 2.30. The Bertz CT molecular complexity index is 131. The quantitative estimate of drug-likeness (QED) is 0.567. The first-order chi connectivity index (χ1) is 6.09. The fourth-order valence-electron chi connectivity index (χ4n) is 2.27. The average Bonchev–Trinajstić information content (AvgIpc) is 2.78. The zero-order valence-corrected chi connectivity index (χ0v) is 9.84. The third-order valence-electron chi connectivity index (χ3n) is 3.18. The van der Waals surface area contributed by atoms with Crippen LogP contribution in [0, 0.1) is 23.7 Å². The van der Waals surface area contributed by atoms with Crippen LogP contribution in [0.2, 0.25) is 0 Å². The van der Waals surface area contributed by atoms with Crippen LogP contribution in [-0.4, -0.2) is 0 Å². The van der Waals surface area contributed by atoms with Gasteiger partial charge in [0.15, 0.2) is 0 Å². The van der Waals surface area contributed by atoms with Gasteiger partial charge in [0.2, 0.25) is 0 Å². The zero-order chi connectivity index (χ0) is 9.84. The highest BCUT2D eigenvalue weighted by Crippen LogP contribution is 2.42. The molecule has 0 N–H and O–H groups in total. The van der Waals surface area contributed by atoms with Crippen molar-refractivity contribution in [2.24, 2.45) is 23.7 Å². The van der Waals surface area contributed by atoms with Gasteiger partial charge in [-0.05, 0) is 49.4 Å². The minimum Gasteiger partial charge on any atom is -0.0628 e. The maximum Gasteiger partial charge on any atom is -0.0383 e. The van der Waals surface area contributed by atoms with E-state index in [1.165, 1.54) is 32.1 Å². The topological polar surface area (TPSA) is 0 Å². The van der Waals surface area contributed by atoms with E-state index in [1.807, 2.05) is 0 Å². The van der Waals surface area contributed by atoms with Crippen LogP contribution >= 0.6 is 0 Å². The molecular weight excluding hydrogens is 156 g/mol. The molecule has 1 aliphatic rings. The summed E-state index contributed by atoms with van der Waals surface area (Å²) in [5.41, 5.74) is 0. The fourth-order valence-corrected chi connectivity index (χ4v) is 2.27. The largest absolute Gasteiger partial charge is 0.0628 e. The van der Waals surface area contributed by atoms with Crippen LogP contribution in [-0.2, 0) is 0 Å². The molecule has 78 valence electrons. The van der Waals surface area contributed by atoms with Crippen molar-refractivity contribution in [1.82, 2.24) is 0 Å². The molecule has 0 radical (unpaired) electrons. The van der Waals surface area contributed by atoms with Gasteiger partial charge in [-0.2, -0.15) is 0 Å². The van der Waals surface area contributed by atoms with Crippen molar-refractivity contribution in [3.63, 3.8) is 0 Å². The van der Waals surface area contributed by atoms with E-state index in [0.29, 0.717) is 0 Å². The van der Waals surface area contributed by atoms with Gasteiger partial charge in [0, 0.05) is 0 Å². The molecule has 0 saturated heterocycles. The Morgan fingerprint density at radius 2 is 1.54 bits per heavy atom. The molecule has 0 aromatic heterocycles. The van der Waals surface area contributed by atoms with Gasteiger partial charge in [0.25, 0.3) is 0 Å². The van der Waals surface area contributed by atoms with Crippen molar-refractivity contribution in [1.29, 1.82) is 0 Å². The van der Waals surface area contributed by atoms with E-state index in [1.54, 1.807) is 0 Å². The lowest BCUT2D eigenvalue weighted by atomic mass is 9.87. The second-order valence-corrected chi connectivity index (χ2v) is 5.70. The van der Waals surface area contributed by atoms with E-state index in [2.05, 4.69) is 27.7 Å². The molecule has 0 spiro atoms. The Hall–Kier alpha value is 0. The lowest BCUT2D eigenvalue weighted by Crippen LogP contribution is -2.08. The van der Waals surface area contributed by atoms with Crippen molar-refractivity contribution in [3.8, 4) is 0 Å². The lowest BCUT2D eigenvalue weighted by Gasteiger charge is -2.19. The van der Waals surface area contributed by atoms with Gasteiger partial charge >= 0.3 is 0 Å². The van der Waals surface area contributed by atoms with Crippen LogP contribution < -0.4 is 0 Å². The third-order valence-corrected chi connectivity index (χ3v) is 3.18. The molecule has 0 aliphatic heterocycles. The van der Waals surface area contributed by atoms with Gasteiger partial charge in [0.1, 0.15) is 0 Å². The van der Waals surface area contributed by atoms with E-state index in [4.69, 9.17) is 0 Å². The van der Waals surface area contributed by atoms with Crippen LogP contribution in [0.4, 0.5) is 0 Å². The Labute approximate surface area is 84.1 Å². The molecule has 0 nitrogen and oxygen atoms in total. The van der Waals surface area contributed by atoms with Gasteiger partial charge in [-0.1, -0.05) is 34.1 Å². The van der Waals surface area contributed by atoms with Gasteiger partial charge in [0.05, 0.1) is 0 Å². The van der Waals surface area contributed by atoms with Crippen molar-refractivity contribution in [2.75, 3.05) is 0 Å². The van der Waals surface area contributed by atoms with Crippen molar-refractivity contribution in [3.05, 3.63) is 0 Å². The summed E-state index contributed by atoms with van der Waals surface area (Å²) in [5.74, 6) is 3.97. The Balaban J connectivity index is 2.21. The maximum absolute atomic E-state index is 2.37. The molecule has 0 amide bonds. The van der Waals surface area contributed by atoms with Gasteiger partial charge in [-0.25, -0.2) is 0 Å². The van der Waals surface area contributed by atoms with E-state index in [9.17, 15) is 0 Å². The van der Waals surface area contributed by atoms with Crippen LogP contribution in [0.1, 0.15) is 59.8 Å². The minimum absolute atomic E-state index is 0.897. The standard InChI is InChI=1S/C13H26/c1-10(2)5-6-13(9-11(3)4)12-7-8-12/h10-13H,5-9H2,1-4H3/t13-/m1/s1. The number of hydrogen-bond donors (Lipinski definition) is 0. The van der Waals surface area contributed by atoms with Crippen molar-refractivity contribution < 1.29 is 0 Å². The molecule has 1 fully saturated rings. The summed E-state index contributed by atoms with van der Waals surface area (Å²) >= 11 is 0. The molecule has 0 aromatic rings. The molecule has 13 heavy (non-hydrogen) atoms. The molecule has 1 aliphatic carbocycles. The zero-order valence-electron chi connectivity index (χ0n) is 9.84. The summed E-state index contributed by atoms with van der Waals surface area (Å²) in [5, 5.41) is 0. The summed E-state index contributed by atoms with van der Waals surface area (Å²) in [6.45, 7) is 9.42. The van der Waals surface area contributed by atoms with Crippen molar-refractivity contribution >= 4 is 0 Å². The molecule has 1 saturated carbocycles. The Morgan fingerprint density at radius 1 is 0.923 bits per heavy atom. The van der Waals surface area contributed by atoms with Crippen LogP contribution in [0.15, 0.2) is 0 Å². The second kappa shape index (κ2) is 5.02. The van der Waals surface area contributed by atoms with E-state index in [-0.39, 0.29) is 0 Å². The first-order valence-corrected chi connectivity index (χ1v) is 6.09. The predicted octanol–water partition coefficient (Wildman–Crippen LogP) is 4.49. The second-order valence-electron chi connectivity index (χ2n) is 5.70. The summed E-state index contributed by atoms with van der Waals surface area (Å²) in [6.07, 6.45) is 7.44. The van der Waals surface area contributed by atoms with Crippen LogP contribution in [0.3, 0.4) is 0 Å². The predicted molar refractivity (Wildman–Crippen MR) is 59.7 cm³/mol. The Kier molecular flexibility index (Phi) is 4.28. The normalized spacial score (nSPS) is 19.8. The molecule has 0 unspecified atom stereocenters. The van der Waals surface area contributed by atoms with Gasteiger partial charge < -0.3 is 0 Å². The van der Waals surface area contributed by atoms with Gasteiger partial charge in [-0.3, -0.25) is 0 Å². The maximum atomic E-state index is 2.37. The molecular formula is C13H26. The Morgan fingerprint density at radius 3 is 1.92 bits per heavy atom. The fraction of sp³-hybridized carbons (Fsp3) is 1.00. The summed E-state index contributed by atoms with van der Waals surface area (Å²) in [7, 11) is 0. The third kappa shape index (κ3) is 4.69. The average molecular weight is 182 g/mol. The summed E-state index contributed by atoms with van der Waals surface area (Å²) in [6, 6.07) is 0. The first kappa shape index (κ1) is 11.1. The smallest absolute Gasteiger partial charge is 0.0383 e. The molecule has 0 heterocycles. The number of rotatable bonds is 6. The molecule has 0 bridgehead atoms. The lowest BCUT2D eigenvalue weighted by molar-refractivity contribution is 0.322. The van der Waals surface area contributed by atoms with Gasteiger partial charge in [-0.15, -0.1) is 0 Å². The molecule has 0 aromatic carbocycles. The highest BCUT2D eigenvalue weighted by atomic mass is 14.4. The molecule has 0 heteroatoms. The van der Waals surface area contributed by atoms with Crippen LogP contribution in [0.5, 0.6) is 0 Å². The van der Waals surface area contributed by atoms with Crippen molar-refractivity contribution in [2.45, 2.75) is 59.8 Å². The summed E-state index contributed by atoms with van der Waals surface area (Å²) in [4.78, 5) is 0. The molecule has 1 rings (SSSR count).